The van der Waals surface area contributed by atoms with Crippen molar-refractivity contribution in [3.05, 3.63) is 24.0 Å². The van der Waals surface area contributed by atoms with Crippen LogP contribution < -0.4 is 0 Å². The van der Waals surface area contributed by atoms with E-state index in [9.17, 15) is 0 Å². The van der Waals surface area contributed by atoms with Gasteiger partial charge in [0.25, 0.3) is 0 Å². The Balaban J connectivity index is 2.14. The Hall–Kier alpha value is -1.43. The van der Waals surface area contributed by atoms with Crippen molar-refractivity contribution in [1.82, 2.24) is 29.8 Å². The molecule has 0 radical (unpaired) electrons. The average molecular weight is 269 g/mol. The van der Waals surface area contributed by atoms with Gasteiger partial charge in [-0.1, -0.05) is 12.1 Å². The smallest absolute Gasteiger partial charge is 0.148 e. The molecule has 0 fully saturated rings. The van der Waals surface area contributed by atoms with Crippen molar-refractivity contribution in [2.24, 2.45) is 0 Å². The van der Waals surface area contributed by atoms with Gasteiger partial charge in [0.05, 0.1) is 11.6 Å². The van der Waals surface area contributed by atoms with Gasteiger partial charge < -0.3 is 0 Å². The van der Waals surface area contributed by atoms with E-state index in [2.05, 4.69) is 34.2 Å². The van der Waals surface area contributed by atoms with Gasteiger partial charge >= 0.3 is 0 Å². The van der Waals surface area contributed by atoms with Crippen LogP contribution in [0.5, 0.6) is 0 Å². The minimum Gasteiger partial charge on any atom is -0.246 e. The molecule has 0 saturated heterocycles. The summed E-state index contributed by atoms with van der Waals surface area (Å²) in [5, 5.41) is 12.2. The summed E-state index contributed by atoms with van der Waals surface area (Å²) < 4.78 is 3.61. The third-order valence-electron chi connectivity index (χ3n) is 2.68. The summed E-state index contributed by atoms with van der Waals surface area (Å²) in [5.41, 5.74) is 0.801. The zero-order valence-electron chi connectivity index (χ0n) is 10.8. The lowest BCUT2D eigenvalue weighted by Gasteiger charge is -2.08. The van der Waals surface area contributed by atoms with E-state index in [0.717, 1.165) is 17.9 Å². The molecule has 2 heterocycles. The maximum absolute atomic E-state index is 6.12. The first-order chi connectivity index (χ1) is 8.61. The summed E-state index contributed by atoms with van der Waals surface area (Å²) in [6.45, 7) is 6.71. The predicted molar refractivity (Wildman–Crippen MR) is 68.4 cm³/mol. The summed E-state index contributed by atoms with van der Waals surface area (Å²) in [5.74, 6) is 0.865. The second kappa shape index (κ2) is 5.48. The standard InChI is InChI=1S/C11H17ClN6/c1-4-9(12)10-5-17(16-15-10)6-11-13-7-14-18(11)8(2)3/h5,7-9H,4,6H2,1-3H3. The van der Waals surface area contributed by atoms with Gasteiger partial charge in [0.2, 0.25) is 0 Å². The van der Waals surface area contributed by atoms with Crippen LogP contribution in [-0.2, 0) is 6.54 Å². The van der Waals surface area contributed by atoms with Gasteiger partial charge in [-0.05, 0) is 20.3 Å². The highest BCUT2D eigenvalue weighted by Gasteiger charge is 2.12. The number of alkyl halides is 1. The Morgan fingerprint density at radius 3 is 2.83 bits per heavy atom. The zero-order chi connectivity index (χ0) is 13.1. The molecule has 7 heteroatoms. The quantitative estimate of drug-likeness (QED) is 0.780. The lowest BCUT2D eigenvalue weighted by atomic mass is 10.3. The van der Waals surface area contributed by atoms with Crippen LogP contribution in [0.4, 0.5) is 0 Å². The number of hydrogen-bond donors (Lipinski definition) is 0. The summed E-state index contributed by atoms with van der Waals surface area (Å²) in [6.07, 6.45) is 4.26. The summed E-state index contributed by atoms with van der Waals surface area (Å²) in [6, 6.07) is 0.280. The van der Waals surface area contributed by atoms with Crippen LogP contribution >= 0.6 is 11.6 Å². The van der Waals surface area contributed by atoms with Crippen molar-refractivity contribution in [3.63, 3.8) is 0 Å². The normalized spacial score (nSPS) is 13.2. The highest BCUT2D eigenvalue weighted by Crippen LogP contribution is 2.20. The second-order valence-corrected chi connectivity index (χ2v) is 4.96. The molecule has 6 nitrogen and oxygen atoms in total. The van der Waals surface area contributed by atoms with Gasteiger partial charge in [-0.25, -0.2) is 14.3 Å². The molecule has 0 aliphatic carbocycles. The Labute approximate surface area is 111 Å². The summed E-state index contributed by atoms with van der Waals surface area (Å²) in [4.78, 5) is 4.24. The van der Waals surface area contributed by atoms with Crippen molar-refractivity contribution >= 4 is 11.6 Å². The van der Waals surface area contributed by atoms with Crippen molar-refractivity contribution in [2.75, 3.05) is 0 Å². The zero-order valence-corrected chi connectivity index (χ0v) is 11.5. The van der Waals surface area contributed by atoms with Crippen LogP contribution in [0.25, 0.3) is 0 Å². The fourth-order valence-electron chi connectivity index (χ4n) is 1.71. The molecule has 1 unspecified atom stereocenters. The molecule has 2 aromatic heterocycles. The molecule has 0 bridgehead atoms. The first-order valence-electron chi connectivity index (χ1n) is 6.04. The SMILES string of the molecule is CCC(Cl)c1cn(Cc2ncnn2C(C)C)nn1. The second-order valence-electron chi connectivity index (χ2n) is 4.43. The van der Waals surface area contributed by atoms with E-state index < -0.39 is 0 Å². The number of aromatic nitrogens is 6. The third kappa shape index (κ3) is 2.69. The topological polar surface area (TPSA) is 61.4 Å². The molecule has 0 saturated carbocycles. The largest absolute Gasteiger partial charge is 0.246 e. The number of hydrogen-bond acceptors (Lipinski definition) is 4. The Kier molecular flexibility index (Phi) is 3.96. The first kappa shape index (κ1) is 13.0. The Bertz CT molecular complexity index is 503. The van der Waals surface area contributed by atoms with E-state index in [1.165, 1.54) is 0 Å². The van der Waals surface area contributed by atoms with E-state index in [1.54, 1.807) is 11.0 Å². The molecule has 18 heavy (non-hydrogen) atoms. The lowest BCUT2D eigenvalue weighted by molar-refractivity contribution is 0.485. The van der Waals surface area contributed by atoms with E-state index >= 15 is 0 Å². The maximum Gasteiger partial charge on any atom is 0.148 e. The lowest BCUT2D eigenvalue weighted by Crippen LogP contribution is -2.12. The molecule has 0 amide bonds. The van der Waals surface area contributed by atoms with E-state index in [1.807, 2.05) is 17.8 Å². The molecule has 0 aromatic carbocycles. The Morgan fingerprint density at radius 2 is 2.17 bits per heavy atom. The molecule has 0 aliphatic rings. The maximum atomic E-state index is 6.12. The Morgan fingerprint density at radius 1 is 1.39 bits per heavy atom. The van der Waals surface area contributed by atoms with Gasteiger partial charge in [0.15, 0.2) is 0 Å². The molecule has 2 rings (SSSR count). The van der Waals surface area contributed by atoms with Crippen molar-refractivity contribution in [1.29, 1.82) is 0 Å². The van der Waals surface area contributed by atoms with Gasteiger partial charge in [-0.2, -0.15) is 5.10 Å². The van der Waals surface area contributed by atoms with Crippen LogP contribution in [-0.4, -0.2) is 29.8 Å². The molecule has 1 atom stereocenters. The van der Waals surface area contributed by atoms with Crippen molar-refractivity contribution in [2.45, 2.75) is 45.2 Å². The molecule has 0 spiro atoms. The molecule has 0 N–H and O–H groups in total. The molecular formula is C11H17ClN6. The number of nitrogens with zero attached hydrogens (tertiary/aromatic N) is 6. The fraction of sp³-hybridized carbons (Fsp3) is 0.636. The third-order valence-corrected chi connectivity index (χ3v) is 3.21. The van der Waals surface area contributed by atoms with Gasteiger partial charge in [0, 0.05) is 6.04 Å². The van der Waals surface area contributed by atoms with Crippen molar-refractivity contribution < 1.29 is 0 Å². The first-order valence-corrected chi connectivity index (χ1v) is 6.48. The highest BCUT2D eigenvalue weighted by molar-refractivity contribution is 6.20. The van der Waals surface area contributed by atoms with Crippen LogP contribution in [0, 0.1) is 0 Å². The van der Waals surface area contributed by atoms with Gasteiger partial charge in [-0.3, -0.25) is 0 Å². The summed E-state index contributed by atoms with van der Waals surface area (Å²) >= 11 is 6.12. The molecule has 98 valence electrons. The van der Waals surface area contributed by atoms with Crippen LogP contribution in [0.15, 0.2) is 12.5 Å². The predicted octanol–water partition coefficient (Wildman–Crippen LogP) is 2.19. The fourth-order valence-corrected chi connectivity index (χ4v) is 1.81. The highest BCUT2D eigenvalue weighted by atomic mass is 35.5. The van der Waals surface area contributed by atoms with Crippen LogP contribution in [0.2, 0.25) is 0 Å². The average Bonchev–Trinajstić information content (AvgIpc) is 2.97. The van der Waals surface area contributed by atoms with Crippen LogP contribution in [0.1, 0.15) is 50.1 Å². The molecular weight excluding hydrogens is 252 g/mol. The van der Waals surface area contributed by atoms with Crippen LogP contribution in [0.3, 0.4) is 0 Å². The number of halogens is 1. The van der Waals surface area contributed by atoms with E-state index in [4.69, 9.17) is 11.6 Å². The molecule has 2 aromatic rings. The summed E-state index contributed by atoms with van der Waals surface area (Å²) in [7, 11) is 0. The monoisotopic (exact) mass is 268 g/mol. The van der Waals surface area contributed by atoms with E-state index in [-0.39, 0.29) is 11.4 Å². The minimum absolute atomic E-state index is 0.0817. The van der Waals surface area contributed by atoms with Gasteiger partial charge in [0.1, 0.15) is 24.4 Å². The minimum atomic E-state index is -0.0817. The number of rotatable bonds is 5. The molecule has 0 aliphatic heterocycles. The van der Waals surface area contributed by atoms with Gasteiger partial charge in [-0.15, -0.1) is 16.7 Å². The van der Waals surface area contributed by atoms with Crippen molar-refractivity contribution in [3.8, 4) is 0 Å². The van der Waals surface area contributed by atoms with E-state index in [0.29, 0.717) is 6.54 Å².